The summed E-state index contributed by atoms with van der Waals surface area (Å²) in [6, 6.07) is 0. The molecule has 0 spiro atoms. The lowest BCUT2D eigenvalue weighted by atomic mass is 9.76. The van der Waals surface area contributed by atoms with Gasteiger partial charge in [0.05, 0.1) is 5.57 Å². The summed E-state index contributed by atoms with van der Waals surface area (Å²) in [7, 11) is -5.12. The molecule has 0 aromatic rings. The molecule has 0 heterocycles. The minimum atomic E-state index is -5.12. The molecular weight excluding hydrogens is 311 g/mol. The van der Waals surface area contributed by atoms with Gasteiger partial charge in [-0.1, -0.05) is 6.58 Å². The molecule has 0 unspecified atom stereocenters. The van der Waals surface area contributed by atoms with Crippen molar-refractivity contribution in [1.82, 2.24) is 0 Å². The third-order valence-corrected chi connectivity index (χ3v) is 3.46. The van der Waals surface area contributed by atoms with Crippen molar-refractivity contribution < 1.29 is 48.9 Å². The molecule has 0 aliphatic heterocycles. The summed E-state index contributed by atoms with van der Waals surface area (Å²) in [6.45, 7) is 3.05. The van der Waals surface area contributed by atoms with Crippen LogP contribution in [0.25, 0.3) is 0 Å². The molecule has 0 fully saturated rings. The van der Waals surface area contributed by atoms with Crippen molar-refractivity contribution in [3.8, 4) is 0 Å². The monoisotopic (exact) mass is 324 g/mol. The number of carboxylic acids is 2. The predicted octanol–water partition coefficient (Wildman–Crippen LogP) is -1.39. The molecule has 1 rings (SSSR count). The Morgan fingerprint density at radius 2 is 1.90 bits per heavy atom. The fourth-order valence-electron chi connectivity index (χ4n) is 1.88. The van der Waals surface area contributed by atoms with Crippen LogP contribution in [-0.4, -0.2) is 60.0 Å². The second-order valence-electron chi connectivity index (χ2n) is 4.39. The summed E-state index contributed by atoms with van der Waals surface area (Å²) in [4.78, 5) is 39.3. The Balaban J connectivity index is 3.30. The maximum absolute atomic E-state index is 11.0. The maximum Gasteiger partial charge on any atom is 0.470 e. The molecule has 0 saturated heterocycles. The number of rotatable bonds is 5. The van der Waals surface area contributed by atoms with Crippen molar-refractivity contribution >= 4 is 19.8 Å². The standard InChI is InChI=1S/C10H13O10P/c1-4(8(12)13)10(16)3-5(9(14)15)2-6(7(10)11)20-21(17,18)19/h2,6-7,11,16H,1,3H2,(H,12,13)(H,14,15)(H2,17,18,19)/t6-,7+,10-/m1/s1. The Morgan fingerprint density at radius 3 is 2.29 bits per heavy atom. The number of phosphoric acid groups is 1. The van der Waals surface area contributed by atoms with Gasteiger partial charge in [-0.05, 0) is 6.08 Å². The zero-order valence-corrected chi connectivity index (χ0v) is 11.3. The zero-order valence-electron chi connectivity index (χ0n) is 10.4. The first-order valence-electron chi connectivity index (χ1n) is 5.39. The van der Waals surface area contributed by atoms with Crippen molar-refractivity contribution in [3.63, 3.8) is 0 Å². The van der Waals surface area contributed by atoms with Gasteiger partial charge in [-0.15, -0.1) is 0 Å². The first-order chi connectivity index (χ1) is 9.38. The minimum absolute atomic E-state index is 0.580. The SMILES string of the molecule is C=C(C(=O)O)[C@]1(O)CC(C(=O)O)=C[C@@H](OP(=O)(O)O)[C@@H]1O. The molecule has 1 aliphatic rings. The molecule has 11 heteroatoms. The zero-order chi connectivity index (χ0) is 16.6. The number of carbonyl (C=O) groups is 2. The van der Waals surface area contributed by atoms with Gasteiger partial charge in [0.1, 0.15) is 17.8 Å². The maximum atomic E-state index is 11.0. The van der Waals surface area contributed by atoms with E-state index in [4.69, 9.17) is 20.0 Å². The molecule has 0 amide bonds. The Bertz CT molecular complexity index is 560. The van der Waals surface area contributed by atoms with E-state index >= 15 is 0 Å². The van der Waals surface area contributed by atoms with Gasteiger partial charge in [0.25, 0.3) is 0 Å². The average molecular weight is 324 g/mol. The van der Waals surface area contributed by atoms with Gasteiger partial charge in [0.15, 0.2) is 0 Å². The van der Waals surface area contributed by atoms with Gasteiger partial charge in [-0.2, -0.15) is 0 Å². The van der Waals surface area contributed by atoms with E-state index in [1.165, 1.54) is 0 Å². The molecule has 3 atom stereocenters. The molecule has 21 heavy (non-hydrogen) atoms. The lowest BCUT2D eigenvalue weighted by molar-refractivity contribution is -0.144. The molecule has 0 aromatic heterocycles. The molecule has 1 aliphatic carbocycles. The second kappa shape index (κ2) is 5.68. The molecule has 118 valence electrons. The number of hydrogen-bond donors (Lipinski definition) is 6. The fraction of sp³-hybridized carbons (Fsp3) is 0.400. The largest absolute Gasteiger partial charge is 0.478 e. The lowest BCUT2D eigenvalue weighted by Crippen LogP contribution is -2.55. The third kappa shape index (κ3) is 3.76. The van der Waals surface area contributed by atoms with Gasteiger partial charge < -0.3 is 30.2 Å². The quantitative estimate of drug-likeness (QED) is 0.260. The summed E-state index contributed by atoms with van der Waals surface area (Å²) >= 11 is 0. The first kappa shape index (κ1) is 17.5. The highest BCUT2D eigenvalue weighted by Gasteiger charge is 2.51. The van der Waals surface area contributed by atoms with Gasteiger partial charge in [-0.25, -0.2) is 14.2 Å². The highest BCUT2D eigenvalue weighted by molar-refractivity contribution is 7.46. The molecular formula is C10H13O10P. The van der Waals surface area contributed by atoms with Crippen molar-refractivity contribution in [1.29, 1.82) is 0 Å². The molecule has 0 saturated carbocycles. The molecule has 10 nitrogen and oxygen atoms in total. The Labute approximate surface area is 117 Å². The third-order valence-electron chi connectivity index (χ3n) is 2.94. The van der Waals surface area contributed by atoms with E-state index in [9.17, 15) is 24.4 Å². The van der Waals surface area contributed by atoms with Crippen LogP contribution in [0.1, 0.15) is 6.42 Å². The highest BCUT2D eigenvalue weighted by atomic mass is 31.2. The Morgan fingerprint density at radius 1 is 1.38 bits per heavy atom. The van der Waals surface area contributed by atoms with E-state index in [1.54, 1.807) is 0 Å². The van der Waals surface area contributed by atoms with E-state index in [2.05, 4.69) is 11.1 Å². The van der Waals surface area contributed by atoms with Crippen LogP contribution in [-0.2, 0) is 18.7 Å². The van der Waals surface area contributed by atoms with Crippen LogP contribution in [0.2, 0.25) is 0 Å². The van der Waals surface area contributed by atoms with Crippen molar-refractivity contribution in [3.05, 3.63) is 23.8 Å². The highest BCUT2D eigenvalue weighted by Crippen LogP contribution is 2.43. The molecule has 6 N–H and O–H groups in total. The summed E-state index contributed by atoms with van der Waals surface area (Å²) in [6.07, 6.45) is -4.17. The number of aliphatic hydroxyl groups excluding tert-OH is 1. The summed E-state index contributed by atoms with van der Waals surface area (Å²) in [5, 5.41) is 37.8. The van der Waals surface area contributed by atoms with E-state index in [0.29, 0.717) is 6.08 Å². The predicted molar refractivity (Wildman–Crippen MR) is 65.0 cm³/mol. The van der Waals surface area contributed by atoms with Crippen molar-refractivity contribution in [2.75, 3.05) is 0 Å². The van der Waals surface area contributed by atoms with E-state index < -0.39 is 55.1 Å². The number of carboxylic acid groups (broad SMARTS) is 2. The number of aliphatic hydroxyl groups is 2. The minimum Gasteiger partial charge on any atom is -0.478 e. The van der Waals surface area contributed by atoms with Gasteiger partial charge >= 0.3 is 19.8 Å². The summed E-state index contributed by atoms with van der Waals surface area (Å²) in [5.74, 6) is -3.28. The Hall–Kier alpha value is -1.55. The van der Waals surface area contributed by atoms with Crippen molar-refractivity contribution in [2.45, 2.75) is 24.2 Å². The number of aliphatic carboxylic acids is 2. The Kier molecular flexibility index (Phi) is 4.73. The van der Waals surface area contributed by atoms with E-state index in [1.807, 2.05) is 0 Å². The van der Waals surface area contributed by atoms with Crippen LogP contribution in [0.5, 0.6) is 0 Å². The second-order valence-corrected chi connectivity index (χ2v) is 5.58. The number of hydrogen-bond acceptors (Lipinski definition) is 6. The van der Waals surface area contributed by atoms with Crippen LogP contribution in [0.4, 0.5) is 0 Å². The van der Waals surface area contributed by atoms with E-state index in [0.717, 1.165) is 0 Å². The van der Waals surface area contributed by atoms with Gasteiger partial charge in [-0.3, -0.25) is 4.52 Å². The van der Waals surface area contributed by atoms with Crippen LogP contribution in [0.3, 0.4) is 0 Å². The van der Waals surface area contributed by atoms with Crippen LogP contribution in [0, 0.1) is 0 Å². The van der Waals surface area contributed by atoms with Crippen LogP contribution >= 0.6 is 7.82 Å². The fourth-order valence-corrected chi connectivity index (χ4v) is 2.37. The summed E-state index contributed by atoms with van der Waals surface area (Å²) in [5.41, 5.74) is -4.15. The number of phosphoric ester groups is 1. The topological polar surface area (TPSA) is 182 Å². The molecule has 0 aromatic carbocycles. The van der Waals surface area contributed by atoms with Gasteiger partial charge in [0.2, 0.25) is 0 Å². The molecule has 0 bridgehead atoms. The van der Waals surface area contributed by atoms with Crippen molar-refractivity contribution in [2.24, 2.45) is 0 Å². The van der Waals surface area contributed by atoms with E-state index in [-0.39, 0.29) is 0 Å². The average Bonchev–Trinajstić information content (AvgIpc) is 2.31. The first-order valence-corrected chi connectivity index (χ1v) is 6.92. The van der Waals surface area contributed by atoms with Gasteiger partial charge in [0, 0.05) is 12.0 Å². The lowest BCUT2D eigenvalue weighted by Gasteiger charge is -2.39. The van der Waals surface area contributed by atoms with Crippen LogP contribution in [0.15, 0.2) is 23.8 Å². The smallest absolute Gasteiger partial charge is 0.470 e. The summed E-state index contributed by atoms with van der Waals surface area (Å²) < 4.78 is 15.0. The molecule has 0 radical (unpaired) electrons. The van der Waals surface area contributed by atoms with Crippen LogP contribution < -0.4 is 0 Å². The normalized spacial score (nSPS) is 29.6.